The zero-order valence-corrected chi connectivity index (χ0v) is 32.0. The van der Waals surface area contributed by atoms with E-state index >= 15 is 0 Å². The highest BCUT2D eigenvalue weighted by Crippen LogP contribution is 2.47. The molecule has 2 amide bonds. The lowest BCUT2D eigenvalue weighted by Gasteiger charge is -2.36. The Balaban J connectivity index is 0.831. The molecule has 3 heterocycles. The molecular weight excluding hydrogens is 730 g/mol. The van der Waals surface area contributed by atoms with Crippen molar-refractivity contribution in [3.63, 3.8) is 0 Å². The van der Waals surface area contributed by atoms with Gasteiger partial charge in [-0.1, -0.05) is 55.1 Å². The average Bonchev–Trinajstić information content (AvgIpc) is 3.53. The van der Waals surface area contributed by atoms with Gasteiger partial charge in [0.1, 0.15) is 17.5 Å². The summed E-state index contributed by atoms with van der Waals surface area (Å²) in [5, 5.41) is 12.9. The van der Waals surface area contributed by atoms with Crippen LogP contribution in [-0.2, 0) is 17.8 Å². The van der Waals surface area contributed by atoms with Crippen LogP contribution >= 0.6 is 0 Å². The fraction of sp³-hybridized carbons (Fsp3) is 0.391. The van der Waals surface area contributed by atoms with E-state index in [4.69, 9.17) is 4.74 Å². The van der Waals surface area contributed by atoms with Crippen molar-refractivity contribution in [2.45, 2.75) is 81.6 Å². The van der Waals surface area contributed by atoms with Gasteiger partial charge in [-0.05, 0) is 128 Å². The number of phenols is 1. The maximum Gasteiger partial charge on any atom is 0.425 e. The molecule has 0 saturated carbocycles. The van der Waals surface area contributed by atoms with Crippen LogP contribution in [0.2, 0.25) is 0 Å². The number of amides is 2. The van der Waals surface area contributed by atoms with Gasteiger partial charge in [0.15, 0.2) is 6.10 Å². The van der Waals surface area contributed by atoms with E-state index in [2.05, 4.69) is 39.9 Å². The maximum atomic E-state index is 14.2. The summed E-state index contributed by atoms with van der Waals surface area (Å²) in [6, 6.07) is 28.3. The Morgan fingerprint density at radius 1 is 0.842 bits per heavy atom. The number of piperidine rings is 1. The molecule has 2 saturated heterocycles. The molecule has 8 rings (SSSR count). The molecular formula is C46H49F3N4O4. The Kier molecular flexibility index (Phi) is 11.0. The number of rotatable bonds is 11. The summed E-state index contributed by atoms with van der Waals surface area (Å²) in [7, 11) is 0. The molecule has 4 aromatic carbocycles. The van der Waals surface area contributed by atoms with Crippen LogP contribution in [-0.4, -0.2) is 77.8 Å². The molecule has 2 fully saturated rings. The molecule has 2 unspecified atom stereocenters. The zero-order valence-electron chi connectivity index (χ0n) is 32.0. The lowest BCUT2D eigenvalue weighted by atomic mass is 9.69. The van der Waals surface area contributed by atoms with Crippen molar-refractivity contribution in [3.8, 4) is 11.5 Å². The minimum Gasteiger partial charge on any atom is -0.508 e. The number of nitrogens with one attached hydrogen (secondary N) is 1. The minimum atomic E-state index is -4.50. The van der Waals surface area contributed by atoms with Crippen molar-refractivity contribution in [1.82, 2.24) is 15.1 Å². The molecule has 4 aliphatic rings. The number of carbonyl (C=O) groups excluding carboxylic acids is 2. The fourth-order valence-corrected chi connectivity index (χ4v) is 9.22. The third-order valence-electron chi connectivity index (χ3n) is 12.2. The van der Waals surface area contributed by atoms with Gasteiger partial charge >= 0.3 is 6.18 Å². The quantitative estimate of drug-likeness (QED) is 0.149. The Labute approximate surface area is 331 Å². The number of unbranched alkanes of at least 4 members (excludes halogenated alkanes) is 1. The Morgan fingerprint density at radius 3 is 2.35 bits per heavy atom. The van der Waals surface area contributed by atoms with E-state index in [1.165, 1.54) is 5.56 Å². The van der Waals surface area contributed by atoms with Crippen LogP contribution in [0, 0.1) is 0 Å². The summed E-state index contributed by atoms with van der Waals surface area (Å²) in [6.07, 6.45) is -2.55. The highest BCUT2D eigenvalue weighted by Gasteiger charge is 2.42. The van der Waals surface area contributed by atoms with Crippen molar-refractivity contribution in [2.75, 3.05) is 37.6 Å². The number of piperazine rings is 1. The number of phenolic OH excluding ortho intramolecular Hbond substituents is 1. The van der Waals surface area contributed by atoms with Crippen LogP contribution in [0.1, 0.15) is 88.5 Å². The number of benzene rings is 4. The first-order chi connectivity index (χ1) is 27.5. The van der Waals surface area contributed by atoms with Crippen molar-refractivity contribution in [2.24, 2.45) is 0 Å². The molecule has 0 radical (unpaired) electrons. The van der Waals surface area contributed by atoms with Gasteiger partial charge in [0.2, 0.25) is 5.91 Å². The van der Waals surface area contributed by atoms with Crippen LogP contribution in [0.5, 0.6) is 11.5 Å². The first kappa shape index (κ1) is 38.6. The smallest absolute Gasteiger partial charge is 0.425 e. The molecule has 0 aromatic heterocycles. The van der Waals surface area contributed by atoms with Crippen LogP contribution in [0.25, 0.3) is 0 Å². The van der Waals surface area contributed by atoms with E-state index in [1.54, 1.807) is 23.1 Å². The second kappa shape index (κ2) is 16.3. The third-order valence-corrected chi connectivity index (χ3v) is 12.2. The molecule has 0 bridgehead atoms. The highest BCUT2D eigenvalue weighted by atomic mass is 19.4. The monoisotopic (exact) mass is 778 g/mol. The number of aryl methyl sites for hydroxylation is 1. The summed E-state index contributed by atoms with van der Waals surface area (Å²) >= 11 is 0. The first-order valence-electron chi connectivity index (χ1n) is 20.1. The van der Waals surface area contributed by atoms with Crippen molar-refractivity contribution in [3.05, 3.63) is 137 Å². The van der Waals surface area contributed by atoms with Gasteiger partial charge in [-0.25, -0.2) is 0 Å². The third kappa shape index (κ3) is 8.40. The molecule has 11 heteroatoms. The van der Waals surface area contributed by atoms with Gasteiger partial charge in [-0.2, -0.15) is 13.2 Å². The van der Waals surface area contributed by atoms with Crippen LogP contribution in [0.4, 0.5) is 18.9 Å². The number of nitrogens with zero attached hydrogens (tertiary/aromatic N) is 3. The number of halogens is 3. The summed E-state index contributed by atoms with van der Waals surface area (Å²) < 4.78 is 48.4. The predicted octanol–water partition coefficient (Wildman–Crippen LogP) is 8.30. The Hall–Kier alpha value is -5.29. The van der Waals surface area contributed by atoms with Gasteiger partial charge in [0, 0.05) is 55.6 Å². The topological polar surface area (TPSA) is 85.4 Å². The molecule has 4 aromatic rings. The molecule has 1 aliphatic carbocycles. The number of fused-ring (bicyclic) bond motifs is 2. The fourth-order valence-electron chi connectivity index (χ4n) is 9.22. The molecule has 3 aliphatic heterocycles. The lowest BCUT2D eigenvalue weighted by Crippen LogP contribution is -2.49. The van der Waals surface area contributed by atoms with E-state index in [-0.39, 0.29) is 41.6 Å². The predicted molar refractivity (Wildman–Crippen MR) is 213 cm³/mol. The number of aromatic hydroxyl groups is 1. The van der Waals surface area contributed by atoms with Gasteiger partial charge in [-0.15, -0.1) is 0 Å². The van der Waals surface area contributed by atoms with E-state index in [1.807, 2.05) is 54.6 Å². The highest BCUT2D eigenvalue weighted by molar-refractivity contribution is 6.01. The maximum absolute atomic E-state index is 14.2. The molecule has 57 heavy (non-hydrogen) atoms. The zero-order chi connectivity index (χ0) is 39.7. The van der Waals surface area contributed by atoms with E-state index in [0.717, 1.165) is 67.0 Å². The van der Waals surface area contributed by atoms with Crippen LogP contribution in [0.15, 0.2) is 103 Å². The number of alkyl halides is 3. The summed E-state index contributed by atoms with van der Waals surface area (Å²) in [4.78, 5) is 32.0. The normalized spacial score (nSPS) is 21.9. The SMILES string of the molecule is C=C1CCC(N2Cc3cc(N4CCN(CCCCC(Oc5ccc([C@@H]6c7ccc(O)cc7CC[C@@H]6c6ccccc6)cc5)C(F)(F)F)CC4)ccc3C2=O)C(=O)N1. The molecule has 298 valence electrons. The Bertz CT molecular complexity index is 2100. The van der Waals surface area contributed by atoms with Gasteiger partial charge < -0.3 is 25.0 Å². The average molecular weight is 779 g/mol. The molecule has 2 N–H and O–H groups in total. The number of ether oxygens (including phenoxy) is 1. The largest absolute Gasteiger partial charge is 0.508 e. The van der Waals surface area contributed by atoms with Crippen molar-refractivity contribution in [1.29, 1.82) is 0 Å². The second-order valence-corrected chi connectivity index (χ2v) is 15.9. The van der Waals surface area contributed by atoms with Crippen molar-refractivity contribution < 1.29 is 32.6 Å². The number of carbonyl (C=O) groups is 2. The second-order valence-electron chi connectivity index (χ2n) is 15.9. The van der Waals surface area contributed by atoms with Crippen LogP contribution in [0.3, 0.4) is 0 Å². The minimum absolute atomic E-state index is 0.00473. The van der Waals surface area contributed by atoms with E-state index in [0.29, 0.717) is 50.0 Å². The number of anilines is 1. The molecule has 0 spiro atoms. The molecule has 8 nitrogen and oxygen atoms in total. The summed E-state index contributed by atoms with van der Waals surface area (Å²) in [6.45, 7) is 8.07. The first-order valence-corrected chi connectivity index (χ1v) is 20.1. The standard InChI is InChI=1S/C46H49F3N4O4/c1-30-10-21-41(44(55)50-30)53-29-34-27-35(14-19-40(34)45(53)56)52-25-23-51(24-26-52)22-6-5-9-42(46(47,48)49)57-37-16-11-32(12-17-37)43-38(31-7-3-2-4-8-31)18-13-33-28-36(54)15-20-39(33)43/h2-4,7-8,11-12,14-17,19-20,27-28,38,41-43,54H,1,5-6,9-10,13,18,21-26,29H2,(H,50,55)/t38-,41?,42?,43+/m1/s1. The summed E-state index contributed by atoms with van der Waals surface area (Å²) in [5.74, 6) is 0.318. The number of hydrogen-bond donors (Lipinski definition) is 2. The van der Waals surface area contributed by atoms with Gasteiger partial charge in [0.25, 0.3) is 5.91 Å². The number of allylic oxidation sites excluding steroid dienone is 1. The van der Waals surface area contributed by atoms with Crippen LogP contribution < -0.4 is 15.0 Å². The van der Waals surface area contributed by atoms with E-state index in [9.17, 15) is 27.9 Å². The number of hydrogen-bond acceptors (Lipinski definition) is 6. The molecule has 4 atom stereocenters. The lowest BCUT2D eigenvalue weighted by molar-refractivity contribution is -0.197. The van der Waals surface area contributed by atoms with Gasteiger partial charge in [-0.3, -0.25) is 14.5 Å². The summed E-state index contributed by atoms with van der Waals surface area (Å²) in [5.41, 5.74) is 7.71. The van der Waals surface area contributed by atoms with Crippen molar-refractivity contribution >= 4 is 17.5 Å². The van der Waals surface area contributed by atoms with E-state index < -0.39 is 18.3 Å². The van der Waals surface area contributed by atoms with Gasteiger partial charge in [0.05, 0.1) is 0 Å². The Morgan fingerprint density at radius 2 is 1.61 bits per heavy atom.